The van der Waals surface area contributed by atoms with E-state index in [0.29, 0.717) is 25.3 Å². The second-order valence-corrected chi connectivity index (χ2v) is 16.4. The maximum absolute atomic E-state index is 15.0. The average Bonchev–Trinajstić information content (AvgIpc) is 3.81. The molecule has 5 rings (SSSR count). The molecule has 61 heavy (non-hydrogen) atoms. The molecule has 0 amide bonds. The van der Waals surface area contributed by atoms with Gasteiger partial charge in [0.1, 0.15) is 36.3 Å². The van der Waals surface area contributed by atoms with Crippen LogP contribution in [0.15, 0.2) is 54.9 Å². The number of nitrogens with one attached hydrogen (secondary N) is 1. The highest BCUT2D eigenvalue weighted by atomic mass is 31.2. The molecule has 19 heteroatoms. The summed E-state index contributed by atoms with van der Waals surface area (Å²) in [6, 6.07) is 8.99. The fraction of sp³-hybridized carbons (Fsp3) is 0.500. The number of rotatable bonds is 23. The van der Waals surface area contributed by atoms with Crippen molar-refractivity contribution in [3.63, 3.8) is 0 Å². The van der Waals surface area contributed by atoms with Crippen LogP contribution < -0.4 is 15.3 Å². The Morgan fingerprint density at radius 2 is 1.74 bits per heavy atom. The number of hydrogen-bond donors (Lipinski definition) is 2. The van der Waals surface area contributed by atoms with Crippen molar-refractivity contribution in [1.82, 2.24) is 24.6 Å². The summed E-state index contributed by atoms with van der Waals surface area (Å²) in [6.07, 6.45) is 9.14. The summed E-state index contributed by atoms with van der Waals surface area (Å²) in [5.41, 5.74) is 3.88. The predicted molar refractivity (Wildman–Crippen MR) is 218 cm³/mol. The van der Waals surface area contributed by atoms with Crippen LogP contribution in [0, 0.1) is 36.0 Å². The normalized spacial score (nSPS) is 19.0. The summed E-state index contributed by atoms with van der Waals surface area (Å²) in [4.78, 5) is 38.4. The highest BCUT2D eigenvalue weighted by Gasteiger charge is 2.53. The van der Waals surface area contributed by atoms with Crippen molar-refractivity contribution in [2.75, 3.05) is 25.6 Å². The Morgan fingerprint density at radius 1 is 1.03 bits per heavy atom. The molecular formula is C42H52F3N6O9P. The van der Waals surface area contributed by atoms with Crippen molar-refractivity contribution in [3.05, 3.63) is 78.1 Å². The second kappa shape index (κ2) is 22.1. The molecule has 5 atom stereocenters. The summed E-state index contributed by atoms with van der Waals surface area (Å²) < 4.78 is 94.5. The molecule has 0 bridgehead atoms. The number of benzene rings is 2. The van der Waals surface area contributed by atoms with E-state index in [1.54, 1.807) is 18.2 Å². The minimum Gasteiger partial charge on any atom is -0.464 e. The van der Waals surface area contributed by atoms with Crippen molar-refractivity contribution in [1.29, 1.82) is 0 Å². The van der Waals surface area contributed by atoms with E-state index in [1.807, 2.05) is 13.8 Å². The Labute approximate surface area is 352 Å². The molecule has 1 saturated heterocycles. The van der Waals surface area contributed by atoms with Gasteiger partial charge in [-0.05, 0) is 48.6 Å². The van der Waals surface area contributed by atoms with Crippen LogP contribution in [0.2, 0.25) is 0 Å². The number of nitrogens with two attached hydrogens (primary N) is 1. The van der Waals surface area contributed by atoms with Crippen molar-refractivity contribution in [3.8, 4) is 18.1 Å². The molecule has 15 nitrogen and oxygen atoms in total. The second-order valence-electron chi connectivity index (χ2n) is 14.7. The maximum atomic E-state index is 15.0. The Balaban J connectivity index is 1.46. The molecule has 0 unspecified atom stereocenters. The molecule has 0 saturated carbocycles. The lowest BCUT2D eigenvalue weighted by atomic mass is 9.99. The molecule has 3 N–H and O–H groups in total. The Hall–Kier alpha value is -5.21. The molecule has 2 aromatic carbocycles. The van der Waals surface area contributed by atoms with Crippen LogP contribution in [0.1, 0.15) is 90.3 Å². The minimum atomic E-state index is -4.80. The number of esters is 1. The topological polar surface area (TPSA) is 188 Å². The van der Waals surface area contributed by atoms with Gasteiger partial charge in [0.25, 0.3) is 0 Å². The van der Waals surface area contributed by atoms with Gasteiger partial charge in [0.05, 0.1) is 19.5 Å². The average molecular weight is 873 g/mol. The summed E-state index contributed by atoms with van der Waals surface area (Å²) in [5, 5.41) is 2.62. The SMILES string of the molecule is C#C[C@]1(CO[P@@](=O)(N[C@@H](Cc2cc(F)cc(F)c2)C(=O)OCC(CC)CC)Oc2ccccc2)O[C@@H](n2cnc3c(N)nc(F)nc32)C[C@@H]1OC(=O)OCCCCCCCC. The van der Waals surface area contributed by atoms with E-state index < -0.39 is 74.6 Å². The monoisotopic (exact) mass is 872 g/mol. The number of terminal acetylenes is 1. The third-order valence-corrected chi connectivity index (χ3v) is 11.8. The summed E-state index contributed by atoms with van der Waals surface area (Å²) in [5.74, 6) is -0.430. The number of carbonyl (C=O) groups is 2. The third kappa shape index (κ3) is 12.9. The maximum Gasteiger partial charge on any atom is 0.508 e. The van der Waals surface area contributed by atoms with Gasteiger partial charge < -0.3 is 29.2 Å². The van der Waals surface area contributed by atoms with E-state index in [-0.39, 0.29) is 53.8 Å². The first-order valence-electron chi connectivity index (χ1n) is 20.3. The third-order valence-electron chi connectivity index (χ3n) is 10.2. The highest BCUT2D eigenvalue weighted by molar-refractivity contribution is 7.52. The van der Waals surface area contributed by atoms with E-state index in [2.05, 4.69) is 32.9 Å². The zero-order chi connectivity index (χ0) is 44.0. The number of imidazole rings is 1. The van der Waals surface area contributed by atoms with E-state index in [4.69, 9.17) is 40.2 Å². The molecule has 3 heterocycles. The highest BCUT2D eigenvalue weighted by Crippen LogP contribution is 2.49. The van der Waals surface area contributed by atoms with E-state index in [9.17, 15) is 27.3 Å². The van der Waals surface area contributed by atoms with Crippen LogP contribution in [0.4, 0.5) is 23.8 Å². The molecule has 4 aromatic rings. The molecule has 1 aliphatic heterocycles. The van der Waals surface area contributed by atoms with Gasteiger partial charge in [-0.1, -0.05) is 89.8 Å². The van der Waals surface area contributed by atoms with Gasteiger partial charge in [0.15, 0.2) is 28.7 Å². The lowest BCUT2D eigenvalue weighted by Gasteiger charge is -2.31. The summed E-state index contributed by atoms with van der Waals surface area (Å²) in [6.45, 7) is 5.25. The van der Waals surface area contributed by atoms with E-state index >= 15 is 0 Å². The number of halogens is 3. The van der Waals surface area contributed by atoms with Crippen molar-refractivity contribution < 1.29 is 55.3 Å². The fourth-order valence-corrected chi connectivity index (χ4v) is 8.23. The molecule has 0 aliphatic carbocycles. The number of ether oxygens (including phenoxy) is 4. The molecule has 0 spiro atoms. The lowest BCUT2D eigenvalue weighted by molar-refractivity contribution is -0.147. The summed E-state index contributed by atoms with van der Waals surface area (Å²) >= 11 is 0. The molecule has 1 fully saturated rings. The molecule has 330 valence electrons. The van der Waals surface area contributed by atoms with Gasteiger partial charge in [-0.3, -0.25) is 13.9 Å². The van der Waals surface area contributed by atoms with Crippen LogP contribution in [0.25, 0.3) is 11.2 Å². The van der Waals surface area contributed by atoms with Crippen LogP contribution in [0.5, 0.6) is 5.75 Å². The quantitative estimate of drug-likeness (QED) is 0.0238. The number of nitrogen functional groups attached to an aromatic ring is 1. The number of para-hydroxylation sites is 1. The number of fused-ring (bicyclic) bond motifs is 1. The zero-order valence-corrected chi connectivity index (χ0v) is 35.3. The van der Waals surface area contributed by atoms with E-state index in [1.165, 1.54) is 23.0 Å². The van der Waals surface area contributed by atoms with Crippen LogP contribution in [-0.4, -0.2) is 69.2 Å². The zero-order valence-electron chi connectivity index (χ0n) is 34.4. The molecule has 1 aliphatic rings. The first kappa shape index (κ1) is 46.8. The predicted octanol–water partition coefficient (Wildman–Crippen LogP) is 8.38. The molecule has 2 aromatic heterocycles. The fourth-order valence-electron chi connectivity index (χ4n) is 6.71. The smallest absolute Gasteiger partial charge is 0.464 e. The Kier molecular flexibility index (Phi) is 16.9. The van der Waals surface area contributed by atoms with Crippen LogP contribution in [-0.2, 0) is 39.3 Å². The Bertz CT molecular complexity index is 2150. The van der Waals surface area contributed by atoms with Gasteiger partial charge in [-0.25, -0.2) is 23.1 Å². The van der Waals surface area contributed by atoms with Gasteiger partial charge in [-0.2, -0.15) is 19.4 Å². The number of carbonyl (C=O) groups excluding carboxylic acids is 2. The number of nitrogens with zero attached hydrogens (tertiary/aromatic N) is 4. The van der Waals surface area contributed by atoms with Crippen LogP contribution in [0.3, 0.4) is 0 Å². The summed E-state index contributed by atoms with van der Waals surface area (Å²) in [7, 11) is -4.80. The van der Waals surface area contributed by atoms with Gasteiger partial charge in [0, 0.05) is 12.5 Å². The first-order chi connectivity index (χ1) is 29.3. The standard InChI is InChI=1S/C42H52F3N6O9P/c1-5-9-10-11-12-16-19-55-41(53)58-34-24-35(51-27-47-36-37(46)48-40(45)49-38(36)51)59-42(34,8-4)26-57-61(54,60-32-17-14-13-15-18-32)50-33(39(52)56-25-28(6-2)7-3)22-29-20-30(43)23-31(44)21-29/h4,13-15,17-18,20-21,23,27-28,33-35H,5-7,9-12,16,19,22,24-26H2,1-3H3,(H,50,54)(H2,46,48,49)/t33-,34-,35+,42+,61-/m0/s1. The number of hydrogen-bond acceptors (Lipinski definition) is 13. The number of unbranched alkanes of at least 4 members (excludes halogenated alkanes) is 5. The lowest BCUT2D eigenvalue weighted by Crippen LogP contribution is -2.46. The van der Waals surface area contributed by atoms with Crippen molar-refractivity contribution >= 4 is 36.9 Å². The minimum absolute atomic E-state index is 0.00391. The van der Waals surface area contributed by atoms with Gasteiger partial charge in [0.2, 0.25) is 0 Å². The number of aromatic nitrogens is 4. The molecule has 0 radical (unpaired) electrons. The first-order valence-corrected chi connectivity index (χ1v) is 21.9. The van der Waals surface area contributed by atoms with Crippen LogP contribution >= 0.6 is 7.75 Å². The van der Waals surface area contributed by atoms with Crippen molar-refractivity contribution in [2.45, 2.75) is 109 Å². The van der Waals surface area contributed by atoms with Gasteiger partial charge >= 0.3 is 25.9 Å². The molecular weight excluding hydrogens is 820 g/mol. The van der Waals surface area contributed by atoms with Crippen molar-refractivity contribution in [2.24, 2.45) is 5.92 Å². The van der Waals surface area contributed by atoms with E-state index in [0.717, 1.165) is 44.2 Å². The van der Waals surface area contributed by atoms with Gasteiger partial charge in [-0.15, -0.1) is 6.42 Å². The largest absolute Gasteiger partial charge is 0.508 e. The Morgan fingerprint density at radius 3 is 2.43 bits per heavy atom. The number of anilines is 1.